The standard InChI is InChI=1S/C69H94N10O23S.C8H19N/c1-6-26-97-69(94)70-24-23-53(84)59-68(93)79-34-38(2)61(86)60(79)66(91)71-33-46(81)30-50(63(88)73-57(41(5)80)67(92)78-37-47(82)31-51(78)64(89)74-58(65(90)75-59)54(85)28-42-13-22-52(83)56(29-42)100-103-102-101-95)72-62(87)45-16-14-43(15-17-45)49-32-55(99-76-49)44-18-20-48(21-19-44)96-27-12-10-8-7-9-11-25-77-35-39(3)98-40(4)36-77;1-6-9(7(2)3)8(4)5/h6,13-22,29,32,38-41,46-47,50-51,53-54,57-61,80-86,95H,1,7-12,23-28,30-31,33-37H2,2-5H3,(H,70,94)(H,71,91)(H,72,87)(H,73,88)(H,74,89)(H,75,90);7-8H,6H2,1-5H3/t38-,39-,40+,41+,46+,47+,50+,51+,53-,54-,57+,58+,59+,60+,61+;/m1./s1. The number of phenols is 1. The van der Waals surface area contributed by atoms with Crippen LogP contribution in [-0.4, -0.2) is 276 Å². The number of hydrogen-bond donors (Lipinski definition) is 14. The van der Waals surface area contributed by atoms with Crippen molar-refractivity contribution in [2.24, 2.45) is 5.92 Å². The van der Waals surface area contributed by atoms with Crippen molar-refractivity contribution in [2.75, 3.05) is 65.6 Å². The van der Waals surface area contributed by atoms with Crippen LogP contribution >= 0.6 is 12.3 Å². The van der Waals surface area contributed by atoms with Gasteiger partial charge in [0.1, 0.15) is 54.3 Å². The van der Waals surface area contributed by atoms with Gasteiger partial charge in [-0.05, 0) is 135 Å². The van der Waals surface area contributed by atoms with E-state index in [0.717, 1.165) is 79.9 Å². The molecule has 14 N–H and O–H groups in total. The first-order valence-corrected chi connectivity index (χ1v) is 38.9. The maximum Gasteiger partial charge on any atom is 0.407 e. The predicted octanol–water partition coefficient (Wildman–Crippen LogP) is 3.28. The van der Waals surface area contributed by atoms with Gasteiger partial charge in [0.15, 0.2) is 17.3 Å². The number of hydrogen-bond acceptors (Lipinski definition) is 27. The first kappa shape index (κ1) is 90.6. The number of aromatic nitrogens is 1. The summed E-state index contributed by atoms with van der Waals surface area (Å²) in [4.78, 5) is 122. The molecule has 112 heavy (non-hydrogen) atoms. The number of unbranched alkanes of at least 4 members (excludes halogenated alkanes) is 5. The molecular weight excluding hydrogens is 1480 g/mol. The molecule has 3 aromatic carbocycles. The predicted molar refractivity (Wildman–Crippen MR) is 410 cm³/mol. The van der Waals surface area contributed by atoms with Crippen LogP contribution in [0.1, 0.15) is 136 Å². The van der Waals surface area contributed by atoms with Gasteiger partial charge in [-0.2, -0.15) is 0 Å². The molecule has 4 fully saturated rings. The number of carbonyl (C=O) groups excluding carboxylic acids is 8. The van der Waals surface area contributed by atoms with E-state index in [1.165, 1.54) is 50.5 Å². The number of β-amino-alcohol motifs (C(OH)–C–C–N with tert-alkyl or cyclic N) is 1. The first-order valence-electron chi connectivity index (χ1n) is 38.2. The molecule has 35 heteroatoms. The molecule has 8 rings (SSSR count). The molecule has 0 saturated carbocycles. The van der Waals surface area contributed by atoms with Crippen molar-refractivity contribution in [2.45, 2.75) is 224 Å². The Bertz CT molecular complexity index is 3670. The van der Waals surface area contributed by atoms with Crippen LogP contribution in [0.3, 0.4) is 0 Å². The van der Waals surface area contributed by atoms with Gasteiger partial charge in [-0.15, -0.1) is 0 Å². The van der Waals surface area contributed by atoms with Crippen molar-refractivity contribution in [3.05, 3.63) is 96.6 Å². The molecule has 4 saturated heterocycles. The van der Waals surface area contributed by atoms with Crippen molar-refractivity contribution in [3.8, 4) is 39.8 Å². The number of aromatic hydroxyl groups is 1. The monoisotopic (exact) mass is 1590 g/mol. The van der Waals surface area contributed by atoms with Crippen LogP contribution in [0.25, 0.3) is 22.6 Å². The molecule has 0 aliphatic carbocycles. The number of ether oxygens (including phenoxy) is 3. The van der Waals surface area contributed by atoms with E-state index in [2.05, 4.69) is 111 Å². The van der Waals surface area contributed by atoms with E-state index in [0.29, 0.717) is 41.5 Å². The molecule has 0 bridgehead atoms. The minimum atomic E-state index is -2.18. The maximum atomic E-state index is 15.0. The molecular formula is C77H113N11O23S. The van der Waals surface area contributed by atoms with Crippen molar-refractivity contribution in [1.82, 2.24) is 56.7 Å². The summed E-state index contributed by atoms with van der Waals surface area (Å²) in [6, 6.07) is 8.44. The molecule has 620 valence electrons. The summed E-state index contributed by atoms with van der Waals surface area (Å²) in [7, 11) is 0. The average Bonchev–Trinajstić information content (AvgIpc) is 0.943. The number of fused-ring (bicyclic) bond motifs is 2. The maximum absolute atomic E-state index is 15.0. The molecule has 4 aromatic rings. The van der Waals surface area contributed by atoms with E-state index in [4.69, 9.17) is 28.2 Å². The number of morpholine rings is 1. The van der Waals surface area contributed by atoms with Gasteiger partial charge in [0, 0.05) is 99.3 Å². The molecule has 0 radical (unpaired) electrons. The van der Waals surface area contributed by atoms with E-state index in [1.54, 1.807) is 18.2 Å². The summed E-state index contributed by atoms with van der Waals surface area (Å²) in [5.74, 6) is -8.62. The number of benzene rings is 3. The number of amides is 8. The van der Waals surface area contributed by atoms with Crippen LogP contribution in [-0.2, 0) is 54.0 Å². The number of nitrogens with one attached hydrogen (secondary N) is 6. The Morgan fingerprint density at radius 1 is 0.741 bits per heavy atom. The second-order valence-electron chi connectivity index (χ2n) is 29.4. The molecule has 4 aliphatic rings. The van der Waals surface area contributed by atoms with Crippen molar-refractivity contribution in [3.63, 3.8) is 0 Å². The quantitative estimate of drug-likeness (QED) is 0.0113. The number of rotatable bonds is 31. The van der Waals surface area contributed by atoms with E-state index >= 15 is 4.79 Å². The summed E-state index contributed by atoms with van der Waals surface area (Å²) in [6.45, 7) is 24.0. The zero-order valence-corrected chi connectivity index (χ0v) is 65.8. The van der Waals surface area contributed by atoms with Crippen LogP contribution in [0.5, 0.6) is 17.2 Å². The van der Waals surface area contributed by atoms with Gasteiger partial charge < -0.3 is 100 Å². The second-order valence-corrected chi connectivity index (χ2v) is 29.8. The molecule has 1 aromatic heterocycles. The third kappa shape index (κ3) is 26.8. The van der Waals surface area contributed by atoms with Gasteiger partial charge in [0.05, 0.1) is 55.4 Å². The summed E-state index contributed by atoms with van der Waals surface area (Å²) in [5.41, 5.74) is 1.75. The largest absolute Gasteiger partial charge is 0.504 e. The Hall–Kier alpha value is -8.56. The number of carbonyl (C=O) groups is 8. The zero-order valence-electron chi connectivity index (χ0n) is 65.0. The number of alkyl carbamates (subject to hydrolysis) is 1. The van der Waals surface area contributed by atoms with Gasteiger partial charge in [-0.1, -0.05) is 84.9 Å². The number of aliphatic hydroxyl groups excluding tert-OH is 6. The lowest BCUT2D eigenvalue weighted by Gasteiger charge is -2.35. The average molecular weight is 1590 g/mol. The lowest BCUT2D eigenvalue weighted by molar-refractivity contribution is -0.433. The van der Waals surface area contributed by atoms with Gasteiger partial charge in [0.2, 0.25) is 35.4 Å². The fourth-order valence-corrected chi connectivity index (χ4v) is 14.5. The highest BCUT2D eigenvalue weighted by molar-refractivity contribution is 7.90. The van der Waals surface area contributed by atoms with E-state index in [9.17, 15) is 69.3 Å². The lowest BCUT2D eigenvalue weighted by Crippen LogP contribution is -2.64. The zero-order chi connectivity index (χ0) is 81.9. The molecule has 8 amide bonds. The molecule has 15 atom stereocenters. The van der Waals surface area contributed by atoms with Gasteiger partial charge in [0.25, 0.3) is 18.2 Å². The number of phenolic OH excluding ortho intramolecular Hbond substituents is 1. The van der Waals surface area contributed by atoms with Crippen molar-refractivity contribution in [1.29, 1.82) is 0 Å². The topological polar surface area (TPSA) is 465 Å². The SMILES string of the molecule is C=CCOC(=O)NCC[C@@H](O)[C@@H]1NC(=O)[C@H]([C@H](O)Cc2ccc(O)c(OSOOO)c2)NC(=O)[C@@H]2C[C@H](O)CN2C(=O)[C@H]([C@H](C)O)NC(=O)[C@@H](NC(=O)c2ccc(-c3cc(-c4ccc(OCCCCCCCCN5C[C@@H](C)O[C@@H](C)C5)cc4)on3)cc2)C[C@H](O)CNC(=O)[C@@H]2[C@@H](O)[C@H](C)CN2C1=O.CCN(C(C)C)C(C)C. The van der Waals surface area contributed by atoms with Crippen LogP contribution in [0, 0.1) is 5.92 Å². The molecule has 0 unspecified atom stereocenters. The van der Waals surface area contributed by atoms with E-state index in [-0.39, 0.29) is 54.6 Å². The summed E-state index contributed by atoms with van der Waals surface area (Å²) in [5, 5.41) is 111. The second kappa shape index (κ2) is 44.8. The van der Waals surface area contributed by atoms with Crippen molar-refractivity contribution < 1.29 is 112 Å². The Kier molecular flexibility index (Phi) is 36.2. The van der Waals surface area contributed by atoms with Gasteiger partial charge in [-0.25, -0.2) is 10.1 Å². The lowest BCUT2D eigenvalue weighted by atomic mass is 9.98. The molecule has 0 spiro atoms. The minimum absolute atomic E-state index is 0.00926. The summed E-state index contributed by atoms with van der Waals surface area (Å²) >= 11 is 0.0615. The fraction of sp³-hybridized carbons (Fsp3) is 0.597. The molecule has 4 aliphatic heterocycles. The number of nitrogens with zero attached hydrogens (tertiary/aromatic N) is 5. The summed E-state index contributed by atoms with van der Waals surface area (Å²) < 4.78 is 31.9. The normalized spacial score (nSPS) is 24.6. The van der Waals surface area contributed by atoms with Crippen LogP contribution < -0.4 is 40.8 Å². The van der Waals surface area contributed by atoms with Crippen LogP contribution in [0.15, 0.2) is 90.0 Å². The summed E-state index contributed by atoms with van der Waals surface area (Å²) in [6.07, 6.45) is -5.39. The minimum Gasteiger partial charge on any atom is -0.504 e. The highest BCUT2D eigenvalue weighted by Crippen LogP contribution is 2.33. The fourth-order valence-electron chi connectivity index (χ4n) is 14.2. The first-order chi connectivity index (χ1) is 53.4. The Labute approximate surface area is 656 Å². The van der Waals surface area contributed by atoms with Gasteiger partial charge in [-0.3, -0.25) is 43.4 Å². The Balaban J connectivity index is 0.00000181. The van der Waals surface area contributed by atoms with Crippen molar-refractivity contribution >= 4 is 59.8 Å². The van der Waals surface area contributed by atoms with Crippen LogP contribution in [0.2, 0.25) is 0 Å². The van der Waals surface area contributed by atoms with E-state index in [1.807, 2.05) is 24.3 Å². The Morgan fingerprint density at radius 2 is 1.38 bits per heavy atom. The smallest absolute Gasteiger partial charge is 0.407 e. The third-order valence-corrected chi connectivity index (χ3v) is 20.2. The molecule has 34 nitrogen and oxygen atoms in total. The third-order valence-electron chi connectivity index (χ3n) is 19.9. The highest BCUT2D eigenvalue weighted by atomic mass is 32.2. The molecule has 5 heterocycles. The van der Waals surface area contributed by atoms with Crippen LogP contribution in [0.4, 0.5) is 4.79 Å². The highest BCUT2D eigenvalue weighted by Gasteiger charge is 2.50. The number of aliphatic hydroxyl groups is 6. The van der Waals surface area contributed by atoms with E-state index < -0.39 is 177 Å². The van der Waals surface area contributed by atoms with Gasteiger partial charge >= 0.3 is 6.09 Å². The Morgan fingerprint density at radius 3 is 2.03 bits per heavy atom.